The molecule has 2 amide bonds. The van der Waals surface area contributed by atoms with Gasteiger partial charge in [-0.2, -0.15) is 5.10 Å². The molecular weight excluding hydrogens is 316 g/mol. The molecule has 0 aliphatic rings. The van der Waals surface area contributed by atoms with E-state index in [2.05, 4.69) is 15.9 Å². The van der Waals surface area contributed by atoms with Gasteiger partial charge in [-0.05, 0) is 40.1 Å². The molecular formula is C19H18N4O2. The van der Waals surface area contributed by atoms with Gasteiger partial charge >= 0.3 is 6.03 Å². The van der Waals surface area contributed by atoms with Crippen molar-refractivity contribution in [3.8, 4) is 0 Å². The van der Waals surface area contributed by atoms with E-state index in [9.17, 15) is 4.79 Å². The van der Waals surface area contributed by atoms with E-state index in [0.717, 1.165) is 21.9 Å². The van der Waals surface area contributed by atoms with Gasteiger partial charge < -0.3 is 11.2 Å². The van der Waals surface area contributed by atoms with Crippen molar-refractivity contribution >= 4 is 28.7 Å². The fraction of sp³-hybridized carbons (Fsp3) is 0.0526. The third kappa shape index (κ3) is 4.55. The Morgan fingerprint density at radius 3 is 2.60 bits per heavy atom. The molecule has 3 aromatic rings. The molecule has 0 heterocycles. The molecule has 0 saturated carbocycles. The Morgan fingerprint density at radius 2 is 1.80 bits per heavy atom. The van der Waals surface area contributed by atoms with E-state index in [1.807, 2.05) is 66.7 Å². The lowest BCUT2D eigenvalue weighted by molar-refractivity contribution is 0.0536. The number of amides is 2. The Morgan fingerprint density at radius 1 is 1.04 bits per heavy atom. The minimum atomic E-state index is -0.429. The Balaban J connectivity index is 1.58. The first kappa shape index (κ1) is 16.5. The van der Waals surface area contributed by atoms with Crippen molar-refractivity contribution < 1.29 is 9.63 Å². The number of hydroxylamine groups is 1. The number of benzene rings is 3. The average molecular weight is 334 g/mol. The number of hydrazone groups is 1. The summed E-state index contributed by atoms with van der Waals surface area (Å²) in [6.45, 7) is 0.303. The number of urea groups is 1. The van der Waals surface area contributed by atoms with E-state index in [1.165, 1.54) is 0 Å². The molecule has 4 N–H and O–H groups in total. The third-order valence-corrected chi connectivity index (χ3v) is 3.59. The fourth-order valence-corrected chi connectivity index (χ4v) is 2.42. The van der Waals surface area contributed by atoms with Gasteiger partial charge in [0.05, 0.1) is 12.8 Å². The van der Waals surface area contributed by atoms with E-state index in [0.29, 0.717) is 12.3 Å². The number of nitrogens with zero attached hydrogens (tertiary/aromatic N) is 1. The summed E-state index contributed by atoms with van der Waals surface area (Å²) in [5, 5.41) is 8.28. The zero-order chi connectivity index (χ0) is 17.5. The number of rotatable bonds is 5. The molecule has 0 spiro atoms. The maximum absolute atomic E-state index is 11.9. The van der Waals surface area contributed by atoms with Crippen molar-refractivity contribution in [3.63, 3.8) is 0 Å². The minimum absolute atomic E-state index is 0.303. The molecule has 0 bridgehead atoms. The fourth-order valence-electron chi connectivity index (χ4n) is 2.42. The van der Waals surface area contributed by atoms with Crippen LogP contribution in [0.2, 0.25) is 0 Å². The quantitative estimate of drug-likeness (QED) is 0.380. The van der Waals surface area contributed by atoms with E-state index in [4.69, 9.17) is 10.7 Å². The van der Waals surface area contributed by atoms with Crippen molar-refractivity contribution in [3.05, 3.63) is 77.9 Å². The van der Waals surface area contributed by atoms with Gasteiger partial charge in [-0.3, -0.25) is 4.84 Å². The van der Waals surface area contributed by atoms with Gasteiger partial charge in [0.25, 0.3) is 0 Å². The monoisotopic (exact) mass is 334 g/mol. The van der Waals surface area contributed by atoms with Crippen molar-refractivity contribution in [2.24, 2.45) is 10.9 Å². The van der Waals surface area contributed by atoms with E-state index >= 15 is 0 Å². The lowest BCUT2D eigenvalue weighted by atomic mass is 10.1. The van der Waals surface area contributed by atoms with Crippen LogP contribution >= 0.6 is 0 Å². The molecule has 6 nitrogen and oxygen atoms in total. The number of nitrogens with one attached hydrogen (secondary N) is 2. The van der Waals surface area contributed by atoms with E-state index in [1.54, 1.807) is 6.21 Å². The highest BCUT2D eigenvalue weighted by Gasteiger charge is 2.03. The molecule has 3 rings (SSSR count). The van der Waals surface area contributed by atoms with Crippen molar-refractivity contribution in [1.29, 1.82) is 0 Å². The van der Waals surface area contributed by atoms with Crippen LogP contribution in [0, 0.1) is 0 Å². The van der Waals surface area contributed by atoms with Crippen LogP contribution in [-0.2, 0) is 11.4 Å². The predicted molar refractivity (Wildman–Crippen MR) is 99.1 cm³/mol. The molecule has 0 aliphatic heterocycles. The third-order valence-electron chi connectivity index (χ3n) is 3.59. The van der Waals surface area contributed by atoms with Crippen LogP contribution in [0.4, 0.5) is 10.5 Å². The van der Waals surface area contributed by atoms with Crippen LogP contribution < -0.4 is 16.6 Å². The van der Waals surface area contributed by atoms with Gasteiger partial charge in [0.15, 0.2) is 0 Å². The highest BCUT2D eigenvalue weighted by molar-refractivity contribution is 5.95. The first-order valence-electron chi connectivity index (χ1n) is 7.74. The zero-order valence-corrected chi connectivity index (χ0v) is 13.5. The number of hydrogen-bond donors (Lipinski definition) is 3. The summed E-state index contributed by atoms with van der Waals surface area (Å²) in [6.07, 6.45) is 1.59. The van der Waals surface area contributed by atoms with Crippen LogP contribution in [0.15, 0.2) is 71.8 Å². The Bertz CT molecular complexity index is 894. The largest absolute Gasteiger partial charge is 0.343 e. The van der Waals surface area contributed by atoms with E-state index < -0.39 is 6.03 Å². The smallest absolute Gasteiger partial charge is 0.323 e. The van der Waals surface area contributed by atoms with Gasteiger partial charge in [0.2, 0.25) is 0 Å². The number of nitrogens with two attached hydrogens (primary N) is 1. The van der Waals surface area contributed by atoms with Crippen LogP contribution in [0.1, 0.15) is 11.1 Å². The molecule has 0 radical (unpaired) electrons. The number of carbonyl (C=O) groups is 1. The van der Waals surface area contributed by atoms with Crippen LogP contribution in [0.5, 0.6) is 0 Å². The van der Waals surface area contributed by atoms with Crippen molar-refractivity contribution in [2.75, 3.05) is 5.32 Å². The van der Waals surface area contributed by atoms with Crippen LogP contribution in [-0.4, -0.2) is 12.2 Å². The molecule has 25 heavy (non-hydrogen) atoms. The maximum Gasteiger partial charge on any atom is 0.343 e. The first-order chi connectivity index (χ1) is 12.2. The topological polar surface area (TPSA) is 88.7 Å². The van der Waals surface area contributed by atoms with Gasteiger partial charge in [-0.25, -0.2) is 10.3 Å². The lowest BCUT2D eigenvalue weighted by Crippen LogP contribution is -2.28. The molecule has 0 aliphatic carbocycles. The second kappa shape index (κ2) is 7.94. The number of carbonyl (C=O) groups excluding carboxylic acids is 1. The maximum atomic E-state index is 11.9. The highest BCUT2D eigenvalue weighted by Crippen LogP contribution is 2.20. The summed E-state index contributed by atoms with van der Waals surface area (Å²) < 4.78 is 0. The molecule has 3 aromatic carbocycles. The minimum Gasteiger partial charge on any atom is -0.323 e. The van der Waals surface area contributed by atoms with Gasteiger partial charge in [0.1, 0.15) is 0 Å². The second-order valence-corrected chi connectivity index (χ2v) is 5.43. The van der Waals surface area contributed by atoms with Gasteiger partial charge in [0, 0.05) is 5.69 Å². The summed E-state index contributed by atoms with van der Waals surface area (Å²) in [5.74, 6) is 5.16. The molecule has 126 valence electrons. The Kier molecular flexibility index (Phi) is 5.23. The summed E-state index contributed by atoms with van der Waals surface area (Å²) in [7, 11) is 0. The Hall–Kier alpha value is -3.38. The molecule has 0 unspecified atom stereocenters. The van der Waals surface area contributed by atoms with Gasteiger partial charge in [-0.15, -0.1) is 0 Å². The standard InChI is InChI=1S/C19H18N4O2/c20-21-12-15-6-7-17-11-18(9-8-16(17)10-15)22-19(24)23-25-13-14-4-2-1-3-5-14/h1-12H,13,20H2,(H2,22,23,24). The van der Waals surface area contributed by atoms with Crippen LogP contribution in [0.3, 0.4) is 0 Å². The molecule has 0 fully saturated rings. The predicted octanol–water partition coefficient (Wildman–Crippen LogP) is 3.39. The summed E-state index contributed by atoms with van der Waals surface area (Å²) in [5.41, 5.74) is 4.94. The summed E-state index contributed by atoms with van der Waals surface area (Å²) >= 11 is 0. The summed E-state index contributed by atoms with van der Waals surface area (Å²) in [6, 6.07) is 20.6. The highest BCUT2D eigenvalue weighted by atomic mass is 16.7. The normalized spacial score (nSPS) is 10.9. The first-order valence-corrected chi connectivity index (χ1v) is 7.74. The average Bonchev–Trinajstić information content (AvgIpc) is 2.63. The molecule has 0 saturated heterocycles. The van der Waals surface area contributed by atoms with Gasteiger partial charge in [-0.1, -0.05) is 48.5 Å². The van der Waals surface area contributed by atoms with Crippen LogP contribution in [0.25, 0.3) is 10.8 Å². The summed E-state index contributed by atoms with van der Waals surface area (Å²) in [4.78, 5) is 17.1. The second-order valence-electron chi connectivity index (χ2n) is 5.43. The number of hydrogen-bond acceptors (Lipinski definition) is 4. The van der Waals surface area contributed by atoms with E-state index in [-0.39, 0.29) is 0 Å². The number of fused-ring (bicyclic) bond motifs is 1. The molecule has 6 heteroatoms. The Labute approximate surface area is 145 Å². The SMILES string of the molecule is NN=Cc1ccc2cc(NC(=O)NOCc3ccccc3)ccc2c1. The molecule has 0 aromatic heterocycles. The van der Waals surface area contributed by atoms with Crippen molar-refractivity contribution in [2.45, 2.75) is 6.61 Å². The zero-order valence-electron chi connectivity index (χ0n) is 13.5. The lowest BCUT2D eigenvalue weighted by Gasteiger charge is -2.09. The molecule has 0 atom stereocenters. The number of anilines is 1. The van der Waals surface area contributed by atoms with Crippen molar-refractivity contribution in [1.82, 2.24) is 5.48 Å².